The van der Waals surface area contributed by atoms with Crippen LogP contribution in [-0.2, 0) is 4.79 Å². The van der Waals surface area contributed by atoms with Gasteiger partial charge in [-0.3, -0.25) is 10.1 Å². The molecule has 2 aromatic carbocycles. The Morgan fingerprint density at radius 1 is 1.11 bits per heavy atom. The van der Waals surface area contributed by atoms with Crippen LogP contribution in [0.5, 0.6) is 5.75 Å². The van der Waals surface area contributed by atoms with E-state index in [-0.39, 0.29) is 0 Å². The number of benzene rings is 2. The Morgan fingerprint density at radius 2 is 1.91 bits per heavy atom. The average Bonchev–Trinajstić information content (AvgIpc) is 3.22. The Kier molecular flexibility index (Phi) is 6.14. The molecule has 1 aliphatic rings. The highest BCUT2D eigenvalue weighted by Gasteiger charge is 2.28. The Balaban J connectivity index is 1.78. The van der Waals surface area contributed by atoms with E-state index in [9.17, 15) is 9.18 Å². The van der Waals surface area contributed by atoms with Crippen molar-refractivity contribution in [2.75, 3.05) is 7.11 Å². The number of halogens is 1. The maximum Gasteiger partial charge on any atom is 0.328 e. The monoisotopic (exact) mass is 469 g/mol. The topological polar surface area (TPSA) is 88.1 Å². The van der Waals surface area contributed by atoms with E-state index >= 15 is 0 Å². The highest BCUT2D eigenvalue weighted by molar-refractivity contribution is 6.01. The minimum Gasteiger partial charge on any atom is -0.494 e. The molecule has 0 aliphatic heterocycles. The highest BCUT2D eigenvalue weighted by Crippen LogP contribution is 2.45. The lowest BCUT2D eigenvalue weighted by Gasteiger charge is -2.31. The number of hydrogen-bond donors (Lipinski definition) is 2. The predicted molar refractivity (Wildman–Crippen MR) is 133 cm³/mol. The van der Waals surface area contributed by atoms with Crippen molar-refractivity contribution in [2.45, 2.75) is 19.3 Å². The summed E-state index contributed by atoms with van der Waals surface area (Å²) in [7, 11) is 1.53. The Labute approximate surface area is 201 Å². The molecule has 0 bridgehead atoms. The van der Waals surface area contributed by atoms with Crippen LogP contribution in [0.3, 0.4) is 0 Å². The highest BCUT2D eigenvalue weighted by atomic mass is 19.1. The molecule has 2 aromatic heterocycles. The van der Waals surface area contributed by atoms with Crippen LogP contribution in [0, 0.1) is 11.9 Å². The van der Waals surface area contributed by atoms with Crippen molar-refractivity contribution in [1.29, 1.82) is 0 Å². The molecule has 0 spiro atoms. The Bertz CT molecular complexity index is 1450. The van der Waals surface area contributed by atoms with Crippen molar-refractivity contribution in [1.82, 2.24) is 15.2 Å². The SMILES string of the molecule is COc1cc(/C(=C(\c2ccccc2)C2CCC2)c2ccc3n[nH]c(F)c3c2)cnc1/C=C/C(=O)O. The molecule has 1 saturated carbocycles. The van der Waals surface area contributed by atoms with Gasteiger partial charge in [-0.05, 0) is 65.3 Å². The summed E-state index contributed by atoms with van der Waals surface area (Å²) in [5.74, 6) is -0.731. The molecule has 176 valence electrons. The number of pyridine rings is 1. The standard InChI is InChI=1S/C28H24FN3O3/c1-35-24-15-20(16-30-23(24)12-13-25(33)34)27(19-10-11-22-21(14-19)28(29)32-31-22)26(18-8-5-9-18)17-6-3-2-4-7-17/h2-4,6-7,10-16,18H,5,8-9H2,1H3,(H,31,32)(H,33,34)/b13-12+,27-26+. The number of aromatic nitrogens is 3. The second-order valence-corrected chi connectivity index (χ2v) is 8.54. The van der Waals surface area contributed by atoms with Gasteiger partial charge in [0, 0.05) is 17.8 Å². The smallest absolute Gasteiger partial charge is 0.328 e. The lowest BCUT2D eigenvalue weighted by atomic mass is 9.73. The fourth-order valence-electron chi connectivity index (χ4n) is 4.54. The van der Waals surface area contributed by atoms with Gasteiger partial charge < -0.3 is 9.84 Å². The third kappa shape index (κ3) is 4.45. The first-order valence-corrected chi connectivity index (χ1v) is 11.4. The number of hydrogen-bond acceptors (Lipinski definition) is 4. The number of aliphatic carboxylic acids is 1. The van der Waals surface area contributed by atoms with Gasteiger partial charge in [-0.2, -0.15) is 9.49 Å². The molecule has 0 saturated heterocycles. The lowest BCUT2D eigenvalue weighted by Crippen LogP contribution is -2.15. The van der Waals surface area contributed by atoms with Crippen LogP contribution in [0.2, 0.25) is 0 Å². The normalized spacial score (nSPS) is 14.7. The van der Waals surface area contributed by atoms with Crippen molar-refractivity contribution in [3.05, 3.63) is 95.2 Å². The van der Waals surface area contributed by atoms with E-state index in [4.69, 9.17) is 9.84 Å². The Morgan fingerprint density at radius 3 is 2.60 bits per heavy atom. The molecular weight excluding hydrogens is 445 g/mol. The molecular formula is C28H24FN3O3. The number of nitrogens with one attached hydrogen (secondary N) is 1. The summed E-state index contributed by atoms with van der Waals surface area (Å²) in [5, 5.41) is 15.9. The molecule has 5 rings (SSSR count). The van der Waals surface area contributed by atoms with E-state index < -0.39 is 11.9 Å². The summed E-state index contributed by atoms with van der Waals surface area (Å²) < 4.78 is 20.0. The number of ether oxygens (including phenoxy) is 1. The molecule has 2 N–H and O–H groups in total. The molecule has 0 atom stereocenters. The Hall–Kier alpha value is -4.26. The van der Waals surface area contributed by atoms with Crippen LogP contribution in [0.4, 0.5) is 4.39 Å². The summed E-state index contributed by atoms with van der Waals surface area (Å²) >= 11 is 0. The number of nitrogens with zero attached hydrogens (tertiary/aromatic N) is 2. The molecule has 35 heavy (non-hydrogen) atoms. The molecule has 4 aromatic rings. The first kappa shape index (κ1) is 22.5. The van der Waals surface area contributed by atoms with Gasteiger partial charge in [0.15, 0.2) is 0 Å². The van der Waals surface area contributed by atoms with Gasteiger partial charge in [0.2, 0.25) is 5.95 Å². The van der Waals surface area contributed by atoms with Crippen LogP contribution >= 0.6 is 0 Å². The van der Waals surface area contributed by atoms with Gasteiger partial charge in [0.25, 0.3) is 0 Å². The maximum atomic E-state index is 14.5. The fraction of sp³-hybridized carbons (Fsp3) is 0.179. The molecule has 2 heterocycles. The minimum absolute atomic E-state index is 0.356. The van der Waals surface area contributed by atoms with E-state index in [0.717, 1.165) is 47.6 Å². The first-order chi connectivity index (χ1) is 17.0. The van der Waals surface area contributed by atoms with E-state index in [1.165, 1.54) is 18.8 Å². The largest absolute Gasteiger partial charge is 0.494 e. The third-order valence-electron chi connectivity index (χ3n) is 6.44. The predicted octanol–water partition coefficient (Wildman–Crippen LogP) is 5.96. The lowest BCUT2D eigenvalue weighted by molar-refractivity contribution is -0.131. The number of rotatable bonds is 7. The third-order valence-corrected chi connectivity index (χ3v) is 6.44. The number of fused-ring (bicyclic) bond motifs is 1. The van der Waals surface area contributed by atoms with Crippen molar-refractivity contribution in [3.8, 4) is 5.75 Å². The number of aromatic amines is 1. The van der Waals surface area contributed by atoms with Crippen molar-refractivity contribution >= 4 is 34.1 Å². The van der Waals surface area contributed by atoms with Crippen LogP contribution < -0.4 is 4.74 Å². The van der Waals surface area contributed by atoms with Gasteiger partial charge >= 0.3 is 5.97 Å². The molecule has 1 aliphatic carbocycles. The zero-order valence-electron chi connectivity index (χ0n) is 19.2. The molecule has 0 unspecified atom stereocenters. The molecule has 0 amide bonds. The van der Waals surface area contributed by atoms with E-state index in [2.05, 4.69) is 27.3 Å². The molecule has 6 nitrogen and oxygen atoms in total. The molecule has 7 heteroatoms. The number of carboxylic acid groups (broad SMARTS) is 1. The average molecular weight is 470 g/mol. The maximum absolute atomic E-state index is 14.5. The number of carboxylic acids is 1. The van der Waals surface area contributed by atoms with Crippen LogP contribution in [-0.4, -0.2) is 33.4 Å². The molecule has 1 fully saturated rings. The second-order valence-electron chi connectivity index (χ2n) is 8.54. The summed E-state index contributed by atoms with van der Waals surface area (Å²) in [6, 6.07) is 17.7. The second kappa shape index (κ2) is 9.54. The van der Waals surface area contributed by atoms with E-state index in [0.29, 0.717) is 28.3 Å². The zero-order valence-corrected chi connectivity index (χ0v) is 19.2. The fourth-order valence-corrected chi connectivity index (χ4v) is 4.54. The van der Waals surface area contributed by atoms with Crippen molar-refractivity contribution in [3.63, 3.8) is 0 Å². The summed E-state index contributed by atoms with van der Waals surface area (Å²) in [5.41, 5.74) is 5.86. The van der Waals surface area contributed by atoms with E-state index in [1.54, 1.807) is 6.20 Å². The van der Waals surface area contributed by atoms with Gasteiger partial charge in [0.05, 0.1) is 18.0 Å². The van der Waals surface area contributed by atoms with Crippen LogP contribution in [0.25, 0.3) is 28.1 Å². The van der Waals surface area contributed by atoms with Crippen molar-refractivity contribution in [2.24, 2.45) is 5.92 Å². The van der Waals surface area contributed by atoms with Crippen LogP contribution in [0.15, 0.2) is 66.9 Å². The van der Waals surface area contributed by atoms with Gasteiger partial charge in [-0.15, -0.1) is 0 Å². The summed E-state index contributed by atoms with van der Waals surface area (Å²) in [6.45, 7) is 0. The number of H-pyrrole nitrogens is 1. The van der Waals surface area contributed by atoms with Crippen molar-refractivity contribution < 1.29 is 19.0 Å². The number of allylic oxidation sites excluding steroid dienone is 1. The quantitative estimate of drug-likeness (QED) is 0.257. The number of carbonyl (C=O) groups is 1. The zero-order chi connectivity index (χ0) is 24.4. The summed E-state index contributed by atoms with van der Waals surface area (Å²) in [6.07, 6.45) is 7.45. The van der Waals surface area contributed by atoms with Crippen LogP contribution in [0.1, 0.15) is 41.6 Å². The first-order valence-electron chi connectivity index (χ1n) is 11.4. The minimum atomic E-state index is -1.06. The number of methoxy groups -OCH3 is 1. The summed E-state index contributed by atoms with van der Waals surface area (Å²) in [4.78, 5) is 15.5. The van der Waals surface area contributed by atoms with Gasteiger partial charge in [-0.1, -0.05) is 42.8 Å². The van der Waals surface area contributed by atoms with Gasteiger partial charge in [0.1, 0.15) is 11.4 Å². The van der Waals surface area contributed by atoms with Gasteiger partial charge in [-0.25, -0.2) is 4.79 Å². The van der Waals surface area contributed by atoms with E-state index in [1.807, 2.05) is 42.5 Å². The molecule has 0 radical (unpaired) electrons.